The molecule has 2 heterocycles. The lowest BCUT2D eigenvalue weighted by Gasteiger charge is -2.24. The number of aryl methyl sites for hydroxylation is 1. The summed E-state index contributed by atoms with van der Waals surface area (Å²) >= 11 is 0. The number of carboxylic acids is 1. The van der Waals surface area contributed by atoms with E-state index < -0.39 is 34.0 Å². The van der Waals surface area contributed by atoms with Crippen molar-refractivity contribution < 1.29 is 27.9 Å². The van der Waals surface area contributed by atoms with Crippen LogP contribution in [0.2, 0.25) is 0 Å². The summed E-state index contributed by atoms with van der Waals surface area (Å²) < 4.78 is 34.2. The number of carbonyl (C=O) groups is 2. The third-order valence-electron chi connectivity index (χ3n) is 5.79. The summed E-state index contributed by atoms with van der Waals surface area (Å²) in [7, 11) is 1.68. The molecule has 1 aliphatic rings. The van der Waals surface area contributed by atoms with Crippen molar-refractivity contribution in [2.45, 2.75) is 42.7 Å². The summed E-state index contributed by atoms with van der Waals surface area (Å²) in [5, 5.41) is 16.1. The van der Waals surface area contributed by atoms with Crippen LogP contribution in [0, 0.1) is 0 Å². The van der Waals surface area contributed by atoms with Gasteiger partial charge < -0.3 is 20.1 Å². The zero-order chi connectivity index (χ0) is 25.6. The lowest BCUT2D eigenvalue weighted by molar-refractivity contribution is -0.142. The molecular formula is C23H33N5O6S. The van der Waals surface area contributed by atoms with Crippen LogP contribution < -0.4 is 10.1 Å². The number of nitrogens with zero attached hydrogens (tertiary/aromatic N) is 4. The summed E-state index contributed by atoms with van der Waals surface area (Å²) in [6.45, 7) is 1.67. The molecule has 1 saturated heterocycles. The quantitative estimate of drug-likeness (QED) is 0.401. The van der Waals surface area contributed by atoms with Gasteiger partial charge in [0.05, 0.1) is 12.8 Å². The van der Waals surface area contributed by atoms with Gasteiger partial charge in [-0.1, -0.05) is 12.1 Å². The Kier molecular flexibility index (Phi) is 8.87. The second-order valence-electron chi connectivity index (χ2n) is 8.88. The van der Waals surface area contributed by atoms with E-state index in [4.69, 9.17) is 4.74 Å². The molecule has 1 aliphatic heterocycles. The van der Waals surface area contributed by atoms with Gasteiger partial charge in [-0.2, -0.15) is 9.40 Å². The van der Waals surface area contributed by atoms with Crippen LogP contribution in [0.5, 0.6) is 5.75 Å². The van der Waals surface area contributed by atoms with E-state index in [-0.39, 0.29) is 17.9 Å². The predicted molar refractivity (Wildman–Crippen MR) is 129 cm³/mol. The largest absolute Gasteiger partial charge is 0.494 e. The molecule has 0 spiro atoms. The number of aromatic nitrogens is 2. The Morgan fingerprint density at radius 3 is 2.60 bits per heavy atom. The van der Waals surface area contributed by atoms with Crippen molar-refractivity contribution in [1.82, 2.24) is 24.3 Å². The number of hydrogen-bond acceptors (Lipinski definition) is 7. The number of carbonyl (C=O) groups excluding carboxylic acids is 1. The summed E-state index contributed by atoms with van der Waals surface area (Å²) in [4.78, 5) is 26.9. The van der Waals surface area contributed by atoms with Gasteiger partial charge in [-0.3, -0.25) is 9.48 Å². The van der Waals surface area contributed by atoms with Crippen LogP contribution >= 0.6 is 0 Å². The van der Waals surface area contributed by atoms with E-state index in [1.54, 1.807) is 31.3 Å². The molecule has 0 aliphatic carbocycles. The van der Waals surface area contributed by atoms with Crippen molar-refractivity contribution >= 4 is 21.9 Å². The first kappa shape index (κ1) is 26.6. The average Bonchev–Trinajstić information content (AvgIpc) is 3.47. The number of aliphatic carboxylic acids is 1. The van der Waals surface area contributed by atoms with E-state index >= 15 is 0 Å². The molecule has 2 N–H and O–H groups in total. The number of sulfonamides is 1. The van der Waals surface area contributed by atoms with Gasteiger partial charge in [0, 0.05) is 32.8 Å². The van der Waals surface area contributed by atoms with Gasteiger partial charge in [0.1, 0.15) is 22.7 Å². The Morgan fingerprint density at radius 2 is 2.00 bits per heavy atom. The van der Waals surface area contributed by atoms with Crippen LogP contribution in [0.15, 0.2) is 41.6 Å². The number of benzene rings is 1. The highest BCUT2D eigenvalue weighted by Gasteiger charge is 2.41. The van der Waals surface area contributed by atoms with Crippen LogP contribution in [0.25, 0.3) is 0 Å². The fraction of sp³-hybridized carbons (Fsp3) is 0.522. The first-order valence-electron chi connectivity index (χ1n) is 11.5. The minimum Gasteiger partial charge on any atom is -0.494 e. The smallest absolute Gasteiger partial charge is 0.326 e. The second-order valence-corrected chi connectivity index (χ2v) is 10.8. The molecule has 192 valence electrons. The zero-order valence-electron chi connectivity index (χ0n) is 20.3. The number of hydrogen-bond donors (Lipinski definition) is 2. The Hall–Kier alpha value is -2.96. The van der Waals surface area contributed by atoms with E-state index in [2.05, 4.69) is 15.3 Å². The first-order chi connectivity index (χ1) is 16.6. The molecule has 1 aromatic carbocycles. The number of ether oxygens (including phenoxy) is 1. The SMILES string of the molecule is CN(C)CCCOc1ccc(C[C@H](NC(=O)[C@@H]2CCCN2S(=O)(=O)c2cnn(C)c2)C(=O)O)cc1. The fourth-order valence-electron chi connectivity index (χ4n) is 3.95. The molecule has 1 amide bonds. The molecule has 0 radical (unpaired) electrons. The van der Waals surface area contributed by atoms with Gasteiger partial charge in [0.15, 0.2) is 0 Å². The Balaban J connectivity index is 1.61. The first-order valence-corrected chi connectivity index (χ1v) is 12.9. The van der Waals surface area contributed by atoms with Crippen molar-refractivity contribution in [3.63, 3.8) is 0 Å². The lowest BCUT2D eigenvalue weighted by atomic mass is 10.1. The molecule has 11 nitrogen and oxygen atoms in total. The number of amides is 1. The van der Waals surface area contributed by atoms with Crippen molar-refractivity contribution in [2.24, 2.45) is 7.05 Å². The standard InChI is InChI=1S/C23H33N5O6S/c1-26(2)11-5-13-34-18-9-7-17(8-10-18)14-20(23(30)31)25-22(29)21-6-4-12-28(21)35(32,33)19-15-24-27(3)16-19/h7-10,15-16,20-21H,4-6,11-14H2,1-3H3,(H,25,29)(H,30,31)/t20-,21-/m0/s1. The molecule has 0 unspecified atom stereocenters. The lowest BCUT2D eigenvalue weighted by Crippen LogP contribution is -2.51. The van der Waals surface area contributed by atoms with Crippen LogP contribution in [0.3, 0.4) is 0 Å². The monoisotopic (exact) mass is 507 g/mol. The molecule has 3 rings (SSSR count). The van der Waals surface area contributed by atoms with Gasteiger partial charge in [-0.15, -0.1) is 0 Å². The Morgan fingerprint density at radius 1 is 1.29 bits per heavy atom. The van der Waals surface area contributed by atoms with Crippen molar-refractivity contribution in [1.29, 1.82) is 0 Å². The summed E-state index contributed by atoms with van der Waals surface area (Å²) in [5.74, 6) is -1.13. The van der Waals surface area contributed by atoms with E-state index in [9.17, 15) is 23.1 Å². The molecule has 1 aromatic heterocycles. The molecule has 2 atom stereocenters. The maximum atomic E-state index is 13.0. The van der Waals surface area contributed by atoms with Gasteiger partial charge >= 0.3 is 5.97 Å². The van der Waals surface area contributed by atoms with Gasteiger partial charge in [-0.25, -0.2) is 13.2 Å². The minimum atomic E-state index is -3.92. The molecule has 0 bridgehead atoms. The number of rotatable bonds is 12. The average molecular weight is 508 g/mol. The van der Waals surface area contributed by atoms with Gasteiger partial charge in [0.2, 0.25) is 15.9 Å². The third kappa shape index (κ3) is 7.03. The molecule has 0 saturated carbocycles. The highest BCUT2D eigenvalue weighted by Crippen LogP contribution is 2.26. The third-order valence-corrected chi connectivity index (χ3v) is 7.65. The van der Waals surface area contributed by atoms with E-state index in [0.717, 1.165) is 17.3 Å². The Bertz CT molecular complexity index is 1120. The maximum absolute atomic E-state index is 13.0. The van der Waals surface area contributed by atoms with Crippen LogP contribution in [0.1, 0.15) is 24.8 Å². The molecule has 2 aromatic rings. The van der Waals surface area contributed by atoms with Crippen molar-refractivity contribution in [3.05, 3.63) is 42.2 Å². The highest BCUT2D eigenvalue weighted by molar-refractivity contribution is 7.89. The predicted octanol–water partition coefficient (Wildman–Crippen LogP) is 0.716. The van der Waals surface area contributed by atoms with Crippen LogP contribution in [0.4, 0.5) is 0 Å². The number of nitrogens with one attached hydrogen (secondary N) is 1. The molecule has 12 heteroatoms. The Labute approximate surface area is 205 Å². The zero-order valence-corrected chi connectivity index (χ0v) is 21.1. The summed E-state index contributed by atoms with van der Waals surface area (Å²) in [6, 6.07) is 4.89. The maximum Gasteiger partial charge on any atom is 0.326 e. The van der Waals surface area contributed by atoms with E-state index in [1.807, 2.05) is 14.1 Å². The van der Waals surface area contributed by atoms with Gasteiger partial charge in [-0.05, 0) is 51.1 Å². The van der Waals surface area contributed by atoms with E-state index in [0.29, 0.717) is 30.8 Å². The molecule has 1 fully saturated rings. The molecule has 35 heavy (non-hydrogen) atoms. The van der Waals surface area contributed by atoms with Crippen LogP contribution in [-0.2, 0) is 33.1 Å². The number of carboxylic acid groups (broad SMARTS) is 1. The minimum absolute atomic E-state index is 0.00138. The normalized spacial score (nSPS) is 17.4. The van der Waals surface area contributed by atoms with Crippen LogP contribution in [-0.4, -0.2) is 90.3 Å². The fourth-order valence-corrected chi connectivity index (χ4v) is 5.60. The second kappa shape index (κ2) is 11.6. The van der Waals surface area contributed by atoms with Crippen molar-refractivity contribution in [3.8, 4) is 5.75 Å². The topological polar surface area (TPSA) is 134 Å². The summed E-state index contributed by atoms with van der Waals surface area (Å²) in [6.07, 6.45) is 4.38. The van der Waals surface area contributed by atoms with Crippen molar-refractivity contribution in [2.75, 3.05) is 33.8 Å². The summed E-state index contributed by atoms with van der Waals surface area (Å²) in [5.41, 5.74) is 0.713. The van der Waals surface area contributed by atoms with E-state index in [1.165, 1.54) is 17.1 Å². The molecular weight excluding hydrogens is 474 g/mol. The highest BCUT2D eigenvalue weighted by atomic mass is 32.2. The van der Waals surface area contributed by atoms with Gasteiger partial charge in [0.25, 0.3) is 0 Å².